The third-order valence-electron chi connectivity index (χ3n) is 2.72. The first-order valence-electron chi connectivity index (χ1n) is 5.45. The van der Waals surface area contributed by atoms with Crippen molar-refractivity contribution in [2.75, 3.05) is 12.8 Å². The number of halogens is 1. The van der Waals surface area contributed by atoms with E-state index in [4.69, 9.17) is 11.6 Å². The molecule has 0 fully saturated rings. The molecule has 1 nitrogen and oxygen atoms in total. The molecule has 0 aliphatic rings. The Balaban J connectivity index is 2.49. The highest BCUT2D eigenvalue weighted by molar-refractivity contribution is 7.99. The smallest absolute Gasteiger partial charge is 0.0408 e. The molecular formula is C13H20ClNS. The second-order valence-corrected chi connectivity index (χ2v) is 6.59. The molecule has 0 aliphatic heterocycles. The van der Waals surface area contributed by atoms with Gasteiger partial charge in [0.1, 0.15) is 0 Å². The largest absolute Gasteiger partial charge is 0.311 e. The Morgan fingerprint density at radius 2 is 2.06 bits per heavy atom. The summed E-state index contributed by atoms with van der Waals surface area (Å²) in [6, 6.07) is 6.06. The quantitative estimate of drug-likeness (QED) is 0.859. The van der Waals surface area contributed by atoms with E-state index in [0.717, 1.165) is 18.1 Å². The van der Waals surface area contributed by atoms with Crippen LogP contribution in [0, 0.1) is 6.92 Å². The van der Waals surface area contributed by atoms with Crippen LogP contribution in [0.1, 0.15) is 25.0 Å². The van der Waals surface area contributed by atoms with Crippen LogP contribution in [0.4, 0.5) is 0 Å². The van der Waals surface area contributed by atoms with Gasteiger partial charge in [0.15, 0.2) is 0 Å². The summed E-state index contributed by atoms with van der Waals surface area (Å²) in [5.74, 6) is 0. The number of aryl methyl sites for hydroxylation is 1. The van der Waals surface area contributed by atoms with Crippen molar-refractivity contribution in [2.24, 2.45) is 0 Å². The summed E-state index contributed by atoms with van der Waals surface area (Å²) >= 11 is 7.81. The van der Waals surface area contributed by atoms with Crippen molar-refractivity contribution in [3.05, 3.63) is 34.3 Å². The van der Waals surface area contributed by atoms with Crippen molar-refractivity contribution in [3.63, 3.8) is 0 Å². The second kappa shape index (κ2) is 5.95. The van der Waals surface area contributed by atoms with E-state index in [9.17, 15) is 0 Å². The normalized spacial score (nSPS) is 11.8. The van der Waals surface area contributed by atoms with Crippen LogP contribution in [0.2, 0.25) is 5.02 Å². The SMILES string of the molecule is CSC(C)(C)CNCc1ccc(Cl)cc1C. The Morgan fingerprint density at radius 1 is 1.38 bits per heavy atom. The highest BCUT2D eigenvalue weighted by Crippen LogP contribution is 2.20. The van der Waals surface area contributed by atoms with E-state index in [-0.39, 0.29) is 0 Å². The number of hydrogen-bond donors (Lipinski definition) is 1. The maximum atomic E-state index is 5.92. The van der Waals surface area contributed by atoms with E-state index < -0.39 is 0 Å². The zero-order chi connectivity index (χ0) is 12.2. The Labute approximate surface area is 108 Å². The van der Waals surface area contributed by atoms with E-state index in [1.54, 1.807) is 0 Å². The third kappa shape index (κ3) is 4.36. The fourth-order valence-corrected chi connectivity index (χ4v) is 1.90. The van der Waals surface area contributed by atoms with Crippen molar-refractivity contribution in [1.29, 1.82) is 0 Å². The topological polar surface area (TPSA) is 12.0 Å². The lowest BCUT2D eigenvalue weighted by Gasteiger charge is -2.22. The van der Waals surface area contributed by atoms with E-state index in [2.05, 4.69) is 38.4 Å². The summed E-state index contributed by atoms with van der Waals surface area (Å²) < 4.78 is 0.292. The van der Waals surface area contributed by atoms with Crippen LogP contribution in [-0.4, -0.2) is 17.5 Å². The van der Waals surface area contributed by atoms with Gasteiger partial charge in [0, 0.05) is 22.9 Å². The average Bonchev–Trinajstić information content (AvgIpc) is 2.21. The lowest BCUT2D eigenvalue weighted by atomic mass is 10.1. The lowest BCUT2D eigenvalue weighted by Crippen LogP contribution is -2.31. The van der Waals surface area contributed by atoms with Gasteiger partial charge in [-0.3, -0.25) is 0 Å². The van der Waals surface area contributed by atoms with Gasteiger partial charge in [0.25, 0.3) is 0 Å². The summed E-state index contributed by atoms with van der Waals surface area (Å²) in [6.07, 6.45) is 2.15. The molecule has 3 heteroatoms. The summed E-state index contributed by atoms with van der Waals surface area (Å²) in [7, 11) is 0. The standard InChI is InChI=1S/C13H20ClNS/c1-10-7-12(14)6-5-11(10)8-15-9-13(2,3)16-4/h5-7,15H,8-9H2,1-4H3. The molecule has 1 rings (SSSR count). The van der Waals surface area contributed by atoms with Crippen molar-refractivity contribution in [2.45, 2.75) is 32.1 Å². The first kappa shape index (κ1) is 13.9. The summed E-state index contributed by atoms with van der Waals surface area (Å²) in [5.41, 5.74) is 2.57. The van der Waals surface area contributed by atoms with Crippen molar-refractivity contribution >= 4 is 23.4 Å². The van der Waals surface area contributed by atoms with Crippen molar-refractivity contribution in [1.82, 2.24) is 5.32 Å². The van der Waals surface area contributed by atoms with Gasteiger partial charge >= 0.3 is 0 Å². The molecule has 16 heavy (non-hydrogen) atoms. The molecule has 0 saturated heterocycles. The molecule has 1 N–H and O–H groups in total. The van der Waals surface area contributed by atoms with E-state index >= 15 is 0 Å². The zero-order valence-electron chi connectivity index (χ0n) is 10.4. The molecule has 0 spiro atoms. The van der Waals surface area contributed by atoms with Gasteiger partial charge in [0.2, 0.25) is 0 Å². The van der Waals surface area contributed by atoms with Gasteiger partial charge < -0.3 is 5.32 Å². The van der Waals surface area contributed by atoms with Crippen LogP contribution in [0.25, 0.3) is 0 Å². The number of rotatable bonds is 5. The Bertz CT molecular complexity index is 350. The Kier molecular flexibility index (Phi) is 5.16. The zero-order valence-corrected chi connectivity index (χ0v) is 12.0. The number of hydrogen-bond acceptors (Lipinski definition) is 2. The molecule has 0 amide bonds. The molecule has 0 heterocycles. The summed E-state index contributed by atoms with van der Waals surface area (Å²) in [4.78, 5) is 0. The van der Waals surface area contributed by atoms with E-state index in [1.807, 2.05) is 23.9 Å². The molecule has 0 atom stereocenters. The molecule has 0 radical (unpaired) electrons. The minimum absolute atomic E-state index is 0.292. The molecule has 90 valence electrons. The Hall–Kier alpha value is -0.180. The monoisotopic (exact) mass is 257 g/mol. The number of thioether (sulfide) groups is 1. The van der Waals surface area contributed by atoms with Crippen LogP contribution in [0.15, 0.2) is 18.2 Å². The van der Waals surface area contributed by atoms with Gasteiger partial charge in [-0.25, -0.2) is 0 Å². The van der Waals surface area contributed by atoms with Crippen molar-refractivity contribution in [3.8, 4) is 0 Å². The number of benzene rings is 1. The van der Waals surface area contributed by atoms with Gasteiger partial charge in [-0.2, -0.15) is 11.8 Å². The molecule has 1 aromatic carbocycles. The predicted molar refractivity (Wildman–Crippen MR) is 75.5 cm³/mol. The molecule has 1 aromatic rings. The van der Waals surface area contributed by atoms with E-state index in [1.165, 1.54) is 11.1 Å². The maximum absolute atomic E-state index is 5.92. The fraction of sp³-hybridized carbons (Fsp3) is 0.538. The highest BCUT2D eigenvalue weighted by atomic mass is 35.5. The lowest BCUT2D eigenvalue weighted by molar-refractivity contribution is 0.590. The van der Waals surface area contributed by atoms with Crippen LogP contribution in [0.5, 0.6) is 0 Å². The fourth-order valence-electron chi connectivity index (χ4n) is 1.43. The molecule has 0 bridgehead atoms. The van der Waals surface area contributed by atoms with Crippen LogP contribution in [-0.2, 0) is 6.54 Å². The Morgan fingerprint density at radius 3 is 2.62 bits per heavy atom. The maximum Gasteiger partial charge on any atom is 0.0408 e. The van der Waals surface area contributed by atoms with Gasteiger partial charge in [0.05, 0.1) is 0 Å². The third-order valence-corrected chi connectivity index (χ3v) is 4.21. The molecule has 0 unspecified atom stereocenters. The predicted octanol–water partition coefficient (Wildman–Crippen LogP) is 3.88. The van der Waals surface area contributed by atoms with Crippen molar-refractivity contribution < 1.29 is 0 Å². The summed E-state index contributed by atoms with van der Waals surface area (Å²) in [6.45, 7) is 8.52. The van der Waals surface area contributed by atoms with Crippen LogP contribution >= 0.6 is 23.4 Å². The van der Waals surface area contributed by atoms with Crippen LogP contribution < -0.4 is 5.32 Å². The molecular weight excluding hydrogens is 238 g/mol. The highest BCUT2D eigenvalue weighted by Gasteiger charge is 2.14. The van der Waals surface area contributed by atoms with Gasteiger partial charge in [-0.1, -0.05) is 17.7 Å². The molecule has 0 aliphatic carbocycles. The van der Waals surface area contributed by atoms with E-state index in [0.29, 0.717) is 4.75 Å². The van der Waals surface area contributed by atoms with Crippen LogP contribution in [0.3, 0.4) is 0 Å². The minimum atomic E-state index is 0.292. The van der Waals surface area contributed by atoms with Gasteiger partial charge in [-0.05, 0) is 50.3 Å². The van der Waals surface area contributed by atoms with Gasteiger partial charge in [-0.15, -0.1) is 0 Å². The minimum Gasteiger partial charge on any atom is -0.311 e. The summed E-state index contributed by atoms with van der Waals surface area (Å²) in [5, 5.41) is 4.30. The first-order valence-corrected chi connectivity index (χ1v) is 7.06. The molecule has 0 saturated carbocycles. The average molecular weight is 258 g/mol. The first-order chi connectivity index (χ1) is 7.44. The second-order valence-electron chi connectivity index (χ2n) is 4.64. The molecule has 0 aromatic heterocycles. The number of nitrogens with one attached hydrogen (secondary N) is 1.